The van der Waals surface area contributed by atoms with E-state index in [1.54, 1.807) is 12.4 Å². The fourth-order valence-corrected chi connectivity index (χ4v) is 4.13. The Morgan fingerprint density at radius 2 is 1.77 bits per heavy atom. The summed E-state index contributed by atoms with van der Waals surface area (Å²) >= 11 is 0. The van der Waals surface area contributed by atoms with Crippen LogP contribution in [0.1, 0.15) is 32.3 Å². The lowest BCUT2D eigenvalue weighted by molar-refractivity contribution is -0.120. The number of hydrogen-bond donors (Lipinski definition) is 1. The molecule has 2 aromatic carbocycles. The van der Waals surface area contributed by atoms with Crippen LogP contribution >= 0.6 is 0 Å². The van der Waals surface area contributed by atoms with E-state index in [9.17, 15) is 4.79 Å². The first kappa shape index (κ1) is 24.3. The first-order chi connectivity index (χ1) is 17.1. The molecular formula is C27H32N4O4. The smallest absolute Gasteiger partial charge is 0.263 e. The van der Waals surface area contributed by atoms with Crippen LogP contribution < -0.4 is 24.4 Å². The molecule has 8 heteroatoms. The molecule has 8 nitrogen and oxygen atoms in total. The molecule has 0 spiro atoms. The van der Waals surface area contributed by atoms with Crippen molar-refractivity contribution >= 4 is 17.4 Å². The fraction of sp³-hybridized carbons (Fsp3) is 0.370. The number of ether oxygens (including phenoxy) is 3. The number of carbonyl (C=O) groups is 1. The van der Waals surface area contributed by atoms with E-state index in [0.717, 1.165) is 11.3 Å². The van der Waals surface area contributed by atoms with Crippen LogP contribution in [0, 0.1) is 12.8 Å². The molecule has 1 amide bonds. The summed E-state index contributed by atoms with van der Waals surface area (Å²) in [6.07, 6.45) is 4.68. The van der Waals surface area contributed by atoms with Crippen LogP contribution in [0.25, 0.3) is 0 Å². The van der Waals surface area contributed by atoms with E-state index in [1.165, 1.54) is 0 Å². The van der Waals surface area contributed by atoms with Gasteiger partial charge in [-0.05, 0) is 63.4 Å². The molecule has 1 aromatic heterocycles. The number of piperidine rings is 1. The van der Waals surface area contributed by atoms with Gasteiger partial charge in [0.05, 0.1) is 18.9 Å². The first-order valence-corrected chi connectivity index (χ1v) is 12.1. The Balaban J connectivity index is 1.41. The van der Waals surface area contributed by atoms with Gasteiger partial charge in [-0.2, -0.15) is 0 Å². The zero-order valence-electron chi connectivity index (χ0n) is 20.5. The van der Waals surface area contributed by atoms with Crippen molar-refractivity contribution in [3.63, 3.8) is 0 Å². The van der Waals surface area contributed by atoms with Crippen molar-refractivity contribution in [3.8, 4) is 23.1 Å². The minimum Gasteiger partial charge on any atom is -0.494 e. The van der Waals surface area contributed by atoms with Gasteiger partial charge in [-0.15, -0.1) is 0 Å². The lowest BCUT2D eigenvalue weighted by atomic mass is 9.95. The number of rotatable bonds is 9. The van der Waals surface area contributed by atoms with E-state index in [4.69, 9.17) is 14.2 Å². The van der Waals surface area contributed by atoms with Crippen LogP contribution in [-0.4, -0.2) is 42.2 Å². The molecule has 1 fully saturated rings. The van der Waals surface area contributed by atoms with Crippen molar-refractivity contribution in [2.75, 3.05) is 36.5 Å². The van der Waals surface area contributed by atoms with Crippen molar-refractivity contribution in [3.05, 3.63) is 60.4 Å². The molecule has 0 unspecified atom stereocenters. The first-order valence-electron chi connectivity index (χ1n) is 12.1. The minimum atomic E-state index is -0.116. The summed E-state index contributed by atoms with van der Waals surface area (Å²) in [4.78, 5) is 24.2. The molecule has 2 heterocycles. The molecule has 1 aliphatic heterocycles. The number of carbonyl (C=O) groups excluding carboxylic acids is 1. The lowest BCUT2D eigenvalue weighted by Gasteiger charge is -2.32. The van der Waals surface area contributed by atoms with Crippen molar-refractivity contribution in [2.45, 2.75) is 33.6 Å². The van der Waals surface area contributed by atoms with Gasteiger partial charge in [0, 0.05) is 37.5 Å². The Morgan fingerprint density at radius 1 is 1.00 bits per heavy atom. The van der Waals surface area contributed by atoms with E-state index in [0.29, 0.717) is 68.0 Å². The van der Waals surface area contributed by atoms with Crippen LogP contribution in [0.3, 0.4) is 0 Å². The molecule has 4 rings (SSSR count). The van der Waals surface area contributed by atoms with E-state index < -0.39 is 0 Å². The van der Waals surface area contributed by atoms with Gasteiger partial charge in [-0.25, -0.2) is 9.97 Å². The largest absolute Gasteiger partial charge is 0.494 e. The van der Waals surface area contributed by atoms with Gasteiger partial charge in [-0.1, -0.05) is 12.1 Å². The van der Waals surface area contributed by atoms with E-state index in [1.807, 2.05) is 63.2 Å². The third kappa shape index (κ3) is 6.20. The molecule has 35 heavy (non-hydrogen) atoms. The van der Waals surface area contributed by atoms with Crippen LogP contribution in [0.4, 0.5) is 11.5 Å². The van der Waals surface area contributed by atoms with Crippen LogP contribution in [0.2, 0.25) is 0 Å². The van der Waals surface area contributed by atoms with Gasteiger partial charge in [0.15, 0.2) is 5.82 Å². The highest BCUT2D eigenvalue weighted by atomic mass is 16.5. The Labute approximate surface area is 206 Å². The number of amides is 1. The van der Waals surface area contributed by atoms with Crippen molar-refractivity contribution < 1.29 is 19.0 Å². The summed E-state index contributed by atoms with van der Waals surface area (Å²) in [6, 6.07) is 13.3. The normalized spacial score (nSPS) is 13.9. The molecular weight excluding hydrogens is 444 g/mol. The van der Waals surface area contributed by atoms with Crippen molar-refractivity contribution in [1.29, 1.82) is 0 Å². The summed E-state index contributed by atoms with van der Waals surface area (Å²) < 4.78 is 17.3. The Bertz CT molecular complexity index is 1150. The number of aryl methyl sites for hydroxylation is 1. The third-order valence-corrected chi connectivity index (χ3v) is 5.84. The SMILES string of the molecule is CCOc1ccc(OCC)c(NC(=O)C2CCN(c3nccnc3Oc3cccc(C)c3)CC2)c1. The van der Waals surface area contributed by atoms with Gasteiger partial charge >= 0.3 is 0 Å². The molecule has 0 saturated carbocycles. The highest BCUT2D eigenvalue weighted by molar-refractivity contribution is 5.94. The molecule has 3 aromatic rings. The molecule has 0 radical (unpaired) electrons. The Kier molecular flexibility index (Phi) is 8.03. The second kappa shape index (κ2) is 11.6. The molecule has 1 N–H and O–H groups in total. The van der Waals surface area contributed by atoms with Gasteiger partial charge in [-0.3, -0.25) is 4.79 Å². The van der Waals surface area contributed by atoms with Gasteiger partial charge in [0.25, 0.3) is 5.88 Å². The Morgan fingerprint density at radius 3 is 2.51 bits per heavy atom. The standard InChI is InChI=1S/C27H32N4O4/c1-4-33-21-9-10-24(34-5-2)23(18-21)30-26(32)20-11-15-31(16-12-20)25-27(29-14-13-28-25)35-22-8-6-7-19(3)17-22/h6-10,13-14,17-18,20H,4-5,11-12,15-16H2,1-3H3,(H,30,32). The predicted molar refractivity (Wildman–Crippen MR) is 136 cm³/mol. The van der Waals surface area contributed by atoms with E-state index >= 15 is 0 Å². The topological polar surface area (TPSA) is 85.8 Å². The van der Waals surface area contributed by atoms with Gasteiger partial charge < -0.3 is 24.4 Å². The molecule has 0 atom stereocenters. The molecule has 1 aliphatic rings. The monoisotopic (exact) mass is 476 g/mol. The van der Waals surface area contributed by atoms with Gasteiger partial charge in [0.2, 0.25) is 5.91 Å². The number of aromatic nitrogens is 2. The van der Waals surface area contributed by atoms with E-state index in [2.05, 4.69) is 20.2 Å². The van der Waals surface area contributed by atoms with Crippen molar-refractivity contribution in [1.82, 2.24) is 9.97 Å². The second-order valence-corrected chi connectivity index (χ2v) is 8.38. The minimum absolute atomic E-state index is 0.0189. The molecule has 184 valence electrons. The summed E-state index contributed by atoms with van der Waals surface area (Å²) in [5.74, 6) is 3.08. The summed E-state index contributed by atoms with van der Waals surface area (Å²) in [6.45, 7) is 8.29. The number of anilines is 2. The van der Waals surface area contributed by atoms with Crippen molar-refractivity contribution in [2.24, 2.45) is 5.92 Å². The predicted octanol–water partition coefficient (Wildman–Crippen LogP) is 5.23. The molecule has 0 bridgehead atoms. The quantitative estimate of drug-likeness (QED) is 0.453. The zero-order valence-corrected chi connectivity index (χ0v) is 20.5. The highest BCUT2D eigenvalue weighted by Crippen LogP contribution is 2.33. The number of benzene rings is 2. The summed E-state index contributed by atoms with van der Waals surface area (Å²) in [7, 11) is 0. The number of nitrogens with one attached hydrogen (secondary N) is 1. The average molecular weight is 477 g/mol. The maximum atomic E-state index is 13.1. The van der Waals surface area contributed by atoms with Crippen LogP contribution in [0.5, 0.6) is 23.1 Å². The van der Waals surface area contributed by atoms with E-state index in [-0.39, 0.29) is 11.8 Å². The summed E-state index contributed by atoms with van der Waals surface area (Å²) in [5, 5.41) is 3.05. The van der Waals surface area contributed by atoms with Crippen LogP contribution in [-0.2, 0) is 4.79 Å². The maximum absolute atomic E-state index is 13.1. The maximum Gasteiger partial charge on any atom is 0.263 e. The average Bonchev–Trinajstić information content (AvgIpc) is 2.86. The van der Waals surface area contributed by atoms with Gasteiger partial charge in [0.1, 0.15) is 17.2 Å². The summed E-state index contributed by atoms with van der Waals surface area (Å²) in [5.41, 5.74) is 1.74. The lowest BCUT2D eigenvalue weighted by Crippen LogP contribution is -2.38. The third-order valence-electron chi connectivity index (χ3n) is 5.84. The number of hydrogen-bond acceptors (Lipinski definition) is 7. The molecule has 0 aliphatic carbocycles. The highest BCUT2D eigenvalue weighted by Gasteiger charge is 2.28. The Hall–Kier alpha value is -3.81. The molecule has 1 saturated heterocycles. The second-order valence-electron chi connectivity index (χ2n) is 8.38. The van der Waals surface area contributed by atoms with Crippen LogP contribution in [0.15, 0.2) is 54.9 Å². The fourth-order valence-electron chi connectivity index (χ4n) is 4.13. The zero-order chi connectivity index (χ0) is 24.6. The number of nitrogens with zero attached hydrogens (tertiary/aromatic N) is 3.